The predicted molar refractivity (Wildman–Crippen MR) is 75.3 cm³/mol. The summed E-state index contributed by atoms with van der Waals surface area (Å²) < 4.78 is 0. The summed E-state index contributed by atoms with van der Waals surface area (Å²) in [6, 6.07) is 2.40. The van der Waals surface area contributed by atoms with Crippen LogP contribution in [0.5, 0.6) is 0 Å². The van der Waals surface area contributed by atoms with Crippen LogP contribution >= 0.6 is 0 Å². The summed E-state index contributed by atoms with van der Waals surface area (Å²) in [5, 5.41) is 8.67. The molecule has 1 amide bonds. The number of carbonyl (C=O) groups is 1. The zero-order valence-electron chi connectivity index (χ0n) is 12.1. The fraction of sp³-hybridized carbons (Fsp3) is 0.857. The fourth-order valence-electron chi connectivity index (χ4n) is 2.35. The molecule has 1 fully saturated rings. The van der Waals surface area contributed by atoms with Crippen LogP contribution in [0.2, 0.25) is 0 Å². The van der Waals surface area contributed by atoms with E-state index in [-0.39, 0.29) is 11.9 Å². The van der Waals surface area contributed by atoms with Gasteiger partial charge in [-0.25, -0.2) is 0 Å². The van der Waals surface area contributed by atoms with Gasteiger partial charge in [0.15, 0.2) is 0 Å². The highest BCUT2D eigenvalue weighted by molar-refractivity contribution is 5.78. The Balaban J connectivity index is 2.44. The van der Waals surface area contributed by atoms with Gasteiger partial charge in [-0.3, -0.25) is 9.69 Å². The highest BCUT2D eigenvalue weighted by Crippen LogP contribution is 2.09. The van der Waals surface area contributed by atoms with E-state index in [0.717, 1.165) is 32.5 Å². The molecular weight excluding hydrogens is 240 g/mol. The summed E-state index contributed by atoms with van der Waals surface area (Å²) in [6.07, 6.45) is 2.34. The van der Waals surface area contributed by atoms with Crippen molar-refractivity contribution >= 4 is 5.91 Å². The standard InChI is InChI=1S/C14H26N4O/c1-12(2)10-18(7-3-6-15)14(19)11-17-8-4-13(16)5-9-17/h12-13H,3-5,7-11,16H2,1-2H3. The third-order valence-electron chi connectivity index (χ3n) is 3.42. The molecule has 0 unspecified atom stereocenters. The largest absolute Gasteiger partial charge is 0.340 e. The molecule has 1 aliphatic rings. The van der Waals surface area contributed by atoms with Gasteiger partial charge in [0.1, 0.15) is 0 Å². The lowest BCUT2D eigenvalue weighted by Gasteiger charge is -2.32. The van der Waals surface area contributed by atoms with E-state index in [1.165, 1.54) is 0 Å². The maximum Gasteiger partial charge on any atom is 0.236 e. The van der Waals surface area contributed by atoms with E-state index >= 15 is 0 Å². The Kier molecular flexibility index (Phi) is 6.82. The van der Waals surface area contributed by atoms with Crippen LogP contribution in [0.4, 0.5) is 0 Å². The summed E-state index contributed by atoms with van der Waals surface area (Å²) in [4.78, 5) is 16.3. The van der Waals surface area contributed by atoms with Crippen LogP contribution in [-0.4, -0.2) is 54.5 Å². The normalized spacial score (nSPS) is 17.4. The molecule has 1 heterocycles. The van der Waals surface area contributed by atoms with Crippen LogP contribution in [0.3, 0.4) is 0 Å². The van der Waals surface area contributed by atoms with E-state index < -0.39 is 0 Å². The molecule has 0 spiro atoms. The first-order valence-electron chi connectivity index (χ1n) is 7.15. The summed E-state index contributed by atoms with van der Waals surface area (Å²) in [5.41, 5.74) is 5.86. The molecule has 0 aliphatic carbocycles. The third kappa shape index (κ3) is 6.04. The van der Waals surface area contributed by atoms with Crippen LogP contribution in [0.25, 0.3) is 0 Å². The van der Waals surface area contributed by atoms with E-state index in [4.69, 9.17) is 11.0 Å². The van der Waals surface area contributed by atoms with Gasteiger partial charge in [-0.1, -0.05) is 13.8 Å². The summed E-state index contributed by atoms with van der Waals surface area (Å²) in [7, 11) is 0. The minimum atomic E-state index is 0.138. The lowest BCUT2D eigenvalue weighted by Crippen LogP contribution is -2.46. The maximum atomic E-state index is 12.3. The Bertz CT molecular complexity index is 316. The lowest BCUT2D eigenvalue weighted by molar-refractivity contribution is -0.133. The van der Waals surface area contributed by atoms with Gasteiger partial charge in [0.05, 0.1) is 19.0 Å². The van der Waals surface area contributed by atoms with Gasteiger partial charge >= 0.3 is 0 Å². The molecule has 5 heteroatoms. The number of rotatable bonds is 6. The number of nitrogens with zero attached hydrogens (tertiary/aromatic N) is 3. The third-order valence-corrected chi connectivity index (χ3v) is 3.42. The smallest absolute Gasteiger partial charge is 0.236 e. The first-order chi connectivity index (χ1) is 9.02. The number of likely N-dealkylation sites (tertiary alicyclic amines) is 1. The van der Waals surface area contributed by atoms with Crippen LogP contribution in [0, 0.1) is 17.2 Å². The van der Waals surface area contributed by atoms with Crippen LogP contribution in [-0.2, 0) is 4.79 Å². The number of piperidine rings is 1. The molecule has 0 atom stereocenters. The van der Waals surface area contributed by atoms with Crippen molar-refractivity contribution in [3.63, 3.8) is 0 Å². The van der Waals surface area contributed by atoms with Crippen molar-refractivity contribution in [1.82, 2.24) is 9.80 Å². The Morgan fingerprint density at radius 1 is 1.47 bits per heavy atom. The molecule has 0 aromatic carbocycles. The minimum Gasteiger partial charge on any atom is -0.340 e. The Morgan fingerprint density at radius 3 is 2.63 bits per heavy atom. The Labute approximate surface area is 116 Å². The maximum absolute atomic E-state index is 12.3. The van der Waals surface area contributed by atoms with E-state index in [1.807, 2.05) is 4.90 Å². The molecule has 19 heavy (non-hydrogen) atoms. The molecule has 1 aliphatic heterocycles. The van der Waals surface area contributed by atoms with Gasteiger partial charge in [0, 0.05) is 32.2 Å². The second-order valence-electron chi connectivity index (χ2n) is 5.76. The Morgan fingerprint density at radius 2 is 2.11 bits per heavy atom. The van der Waals surface area contributed by atoms with Gasteiger partial charge in [-0.05, 0) is 18.8 Å². The summed E-state index contributed by atoms with van der Waals surface area (Å²) in [5.74, 6) is 0.567. The number of carbonyl (C=O) groups excluding carboxylic acids is 1. The molecule has 5 nitrogen and oxygen atoms in total. The van der Waals surface area contributed by atoms with E-state index in [2.05, 4.69) is 24.8 Å². The second-order valence-corrected chi connectivity index (χ2v) is 5.76. The monoisotopic (exact) mass is 266 g/mol. The fourth-order valence-corrected chi connectivity index (χ4v) is 2.35. The van der Waals surface area contributed by atoms with Gasteiger partial charge in [0.2, 0.25) is 5.91 Å². The zero-order chi connectivity index (χ0) is 14.3. The second kappa shape index (κ2) is 8.13. The molecule has 0 bridgehead atoms. The Hall–Kier alpha value is -1.12. The van der Waals surface area contributed by atoms with Crippen molar-refractivity contribution in [2.45, 2.75) is 39.2 Å². The summed E-state index contributed by atoms with van der Waals surface area (Å²) >= 11 is 0. The van der Waals surface area contributed by atoms with Gasteiger partial charge in [-0.2, -0.15) is 5.26 Å². The van der Waals surface area contributed by atoms with Crippen molar-refractivity contribution in [1.29, 1.82) is 5.26 Å². The molecule has 0 aromatic heterocycles. The summed E-state index contributed by atoms with van der Waals surface area (Å²) in [6.45, 7) is 7.72. The predicted octanol–water partition coefficient (Wildman–Crippen LogP) is 0.808. The average Bonchev–Trinajstić information content (AvgIpc) is 2.36. The number of nitrogens with two attached hydrogens (primary N) is 1. The van der Waals surface area contributed by atoms with Crippen LogP contribution in [0.15, 0.2) is 0 Å². The zero-order valence-corrected chi connectivity index (χ0v) is 12.1. The van der Waals surface area contributed by atoms with Crippen molar-refractivity contribution in [3.8, 4) is 6.07 Å². The molecule has 0 radical (unpaired) electrons. The number of amides is 1. The van der Waals surface area contributed by atoms with Crippen LogP contribution < -0.4 is 5.73 Å². The first kappa shape index (κ1) is 15.9. The number of hydrogen-bond donors (Lipinski definition) is 1. The average molecular weight is 266 g/mol. The van der Waals surface area contributed by atoms with Gasteiger partial charge in [0.25, 0.3) is 0 Å². The van der Waals surface area contributed by atoms with Crippen molar-refractivity contribution in [2.24, 2.45) is 11.7 Å². The minimum absolute atomic E-state index is 0.138. The van der Waals surface area contributed by atoms with Crippen LogP contribution in [0.1, 0.15) is 33.1 Å². The highest BCUT2D eigenvalue weighted by atomic mass is 16.2. The van der Waals surface area contributed by atoms with Gasteiger partial charge in [-0.15, -0.1) is 0 Å². The van der Waals surface area contributed by atoms with E-state index in [1.54, 1.807) is 0 Å². The molecule has 108 valence electrons. The van der Waals surface area contributed by atoms with E-state index in [9.17, 15) is 4.79 Å². The highest BCUT2D eigenvalue weighted by Gasteiger charge is 2.21. The SMILES string of the molecule is CC(C)CN(CCC#N)C(=O)CN1CCC(N)CC1. The number of hydrogen-bond acceptors (Lipinski definition) is 4. The van der Waals surface area contributed by atoms with Crippen molar-refractivity contribution in [3.05, 3.63) is 0 Å². The molecule has 1 rings (SSSR count). The quantitative estimate of drug-likeness (QED) is 0.772. The first-order valence-corrected chi connectivity index (χ1v) is 7.15. The lowest BCUT2D eigenvalue weighted by atomic mass is 10.1. The van der Waals surface area contributed by atoms with E-state index in [0.29, 0.717) is 25.4 Å². The van der Waals surface area contributed by atoms with Gasteiger partial charge < -0.3 is 10.6 Å². The number of nitriles is 1. The molecule has 2 N–H and O–H groups in total. The molecule has 0 aromatic rings. The van der Waals surface area contributed by atoms with Crippen molar-refractivity contribution < 1.29 is 4.79 Å². The molecular formula is C14H26N4O. The molecule has 1 saturated heterocycles. The molecule has 0 saturated carbocycles. The van der Waals surface area contributed by atoms with Crippen molar-refractivity contribution in [2.75, 3.05) is 32.7 Å². The topological polar surface area (TPSA) is 73.4 Å².